The van der Waals surface area contributed by atoms with E-state index in [1.54, 1.807) is 12.1 Å². The van der Waals surface area contributed by atoms with E-state index in [1.807, 2.05) is 13.8 Å². The van der Waals surface area contributed by atoms with E-state index in [0.717, 1.165) is 0 Å². The minimum Gasteiger partial charge on any atom is -0.490 e. The van der Waals surface area contributed by atoms with E-state index in [4.69, 9.17) is 19.9 Å². The fraction of sp³-hybridized carbons (Fsp3) is 0.333. The van der Waals surface area contributed by atoms with Crippen LogP contribution >= 0.6 is 0 Å². The van der Waals surface area contributed by atoms with Gasteiger partial charge < -0.3 is 19.9 Å². The van der Waals surface area contributed by atoms with Crippen LogP contribution in [0.1, 0.15) is 24.2 Å². The number of nitrogens with zero attached hydrogens (tertiary/aromatic N) is 1. The fourth-order valence-electron chi connectivity index (χ4n) is 2.03. The van der Waals surface area contributed by atoms with Gasteiger partial charge in [0.15, 0.2) is 11.5 Å². The Kier molecular flexibility index (Phi) is 4.47. The van der Waals surface area contributed by atoms with Crippen molar-refractivity contribution in [1.82, 2.24) is 4.98 Å². The van der Waals surface area contributed by atoms with Crippen LogP contribution in [0.25, 0.3) is 10.9 Å². The number of nitrogen functional groups attached to an aromatic ring is 1. The van der Waals surface area contributed by atoms with Crippen LogP contribution in [-0.2, 0) is 4.74 Å². The molecule has 2 N–H and O–H groups in total. The molecule has 0 saturated heterocycles. The van der Waals surface area contributed by atoms with Crippen molar-refractivity contribution in [3.05, 3.63) is 23.9 Å². The number of aromatic nitrogens is 1. The average molecular weight is 290 g/mol. The zero-order valence-electron chi connectivity index (χ0n) is 12.3. The summed E-state index contributed by atoms with van der Waals surface area (Å²) in [4.78, 5) is 15.9. The van der Waals surface area contributed by atoms with Gasteiger partial charge >= 0.3 is 5.97 Å². The van der Waals surface area contributed by atoms with Crippen molar-refractivity contribution in [2.24, 2.45) is 0 Å². The summed E-state index contributed by atoms with van der Waals surface area (Å²) in [6.07, 6.45) is 1.40. The van der Waals surface area contributed by atoms with Gasteiger partial charge in [-0.1, -0.05) is 0 Å². The third kappa shape index (κ3) is 2.84. The Balaban J connectivity index is 2.64. The summed E-state index contributed by atoms with van der Waals surface area (Å²) in [6.45, 7) is 4.78. The highest BCUT2D eigenvalue weighted by molar-refractivity contribution is 6.04. The number of benzene rings is 1. The van der Waals surface area contributed by atoms with Gasteiger partial charge in [0.25, 0.3) is 0 Å². The minimum atomic E-state index is -0.520. The van der Waals surface area contributed by atoms with Gasteiger partial charge in [0.1, 0.15) is 5.56 Å². The molecule has 21 heavy (non-hydrogen) atoms. The molecule has 0 saturated carbocycles. The van der Waals surface area contributed by atoms with Crippen molar-refractivity contribution >= 4 is 22.6 Å². The molecule has 0 fully saturated rings. The fourth-order valence-corrected chi connectivity index (χ4v) is 2.03. The molecule has 0 bridgehead atoms. The summed E-state index contributed by atoms with van der Waals surface area (Å²) in [5, 5.41) is 0.629. The molecule has 0 spiro atoms. The lowest BCUT2D eigenvalue weighted by molar-refractivity contribution is 0.0601. The number of hydrogen-bond donors (Lipinski definition) is 1. The molecule has 0 aliphatic rings. The Morgan fingerprint density at radius 3 is 2.38 bits per heavy atom. The van der Waals surface area contributed by atoms with Crippen LogP contribution in [0, 0.1) is 0 Å². The lowest BCUT2D eigenvalue weighted by atomic mass is 10.1. The Labute approximate surface area is 122 Å². The highest BCUT2D eigenvalue weighted by Gasteiger charge is 2.16. The average Bonchev–Trinajstić information content (AvgIpc) is 2.48. The summed E-state index contributed by atoms with van der Waals surface area (Å²) in [7, 11) is 1.30. The molecule has 0 atom stereocenters. The largest absolute Gasteiger partial charge is 0.490 e. The molecule has 0 amide bonds. The molecule has 0 unspecified atom stereocenters. The van der Waals surface area contributed by atoms with Crippen molar-refractivity contribution < 1.29 is 19.0 Å². The number of hydrogen-bond acceptors (Lipinski definition) is 6. The van der Waals surface area contributed by atoms with Crippen molar-refractivity contribution in [3.63, 3.8) is 0 Å². The number of rotatable bonds is 5. The maximum absolute atomic E-state index is 11.7. The summed E-state index contributed by atoms with van der Waals surface area (Å²) in [5.74, 6) is 0.653. The van der Waals surface area contributed by atoms with Crippen LogP contribution in [0.3, 0.4) is 0 Å². The number of carbonyl (C=O) groups is 1. The normalized spacial score (nSPS) is 10.4. The second-order valence-corrected chi connectivity index (χ2v) is 4.26. The molecule has 0 radical (unpaired) electrons. The molecule has 112 valence electrons. The van der Waals surface area contributed by atoms with E-state index in [9.17, 15) is 4.79 Å². The molecule has 0 aliphatic carbocycles. The van der Waals surface area contributed by atoms with Crippen LogP contribution in [0.4, 0.5) is 5.69 Å². The van der Waals surface area contributed by atoms with Gasteiger partial charge in [0.05, 0.1) is 31.5 Å². The SMILES string of the molecule is CCOc1cc2ncc(C(=O)OC)c(N)c2cc1OCC. The molecule has 2 rings (SSSR count). The number of carbonyl (C=O) groups excluding carboxylic acids is 1. The molecule has 6 heteroatoms. The summed E-state index contributed by atoms with van der Waals surface area (Å²) < 4.78 is 15.8. The van der Waals surface area contributed by atoms with E-state index in [1.165, 1.54) is 13.3 Å². The Hall–Kier alpha value is -2.50. The van der Waals surface area contributed by atoms with Crippen LogP contribution in [0.5, 0.6) is 11.5 Å². The topological polar surface area (TPSA) is 83.7 Å². The summed E-state index contributed by atoms with van der Waals surface area (Å²) >= 11 is 0. The van der Waals surface area contributed by atoms with Gasteiger partial charge in [-0.25, -0.2) is 4.79 Å². The third-order valence-electron chi connectivity index (χ3n) is 2.98. The van der Waals surface area contributed by atoms with E-state index in [-0.39, 0.29) is 5.56 Å². The predicted octanol–water partition coefficient (Wildman–Crippen LogP) is 2.40. The second-order valence-electron chi connectivity index (χ2n) is 4.26. The molecular weight excluding hydrogens is 272 g/mol. The Morgan fingerprint density at radius 1 is 1.19 bits per heavy atom. The van der Waals surface area contributed by atoms with Crippen molar-refractivity contribution in [1.29, 1.82) is 0 Å². The molecule has 1 aromatic heterocycles. The number of anilines is 1. The number of esters is 1. The summed E-state index contributed by atoms with van der Waals surface area (Å²) in [5.41, 5.74) is 7.23. The number of nitrogens with two attached hydrogens (primary N) is 1. The molecule has 0 aliphatic heterocycles. The Bertz CT molecular complexity index is 670. The molecule has 6 nitrogen and oxygen atoms in total. The van der Waals surface area contributed by atoms with Crippen LogP contribution < -0.4 is 15.2 Å². The maximum atomic E-state index is 11.7. The van der Waals surface area contributed by atoms with Gasteiger partial charge in [-0.2, -0.15) is 0 Å². The van der Waals surface area contributed by atoms with E-state index in [2.05, 4.69) is 4.98 Å². The number of fused-ring (bicyclic) bond motifs is 1. The van der Waals surface area contributed by atoms with E-state index < -0.39 is 5.97 Å². The smallest absolute Gasteiger partial charge is 0.341 e. The van der Waals surface area contributed by atoms with Crippen molar-refractivity contribution in [2.75, 3.05) is 26.1 Å². The molecule has 1 aromatic carbocycles. The Morgan fingerprint density at radius 2 is 1.81 bits per heavy atom. The first kappa shape index (κ1) is 14.9. The van der Waals surface area contributed by atoms with E-state index >= 15 is 0 Å². The van der Waals surface area contributed by atoms with Gasteiger partial charge in [0.2, 0.25) is 0 Å². The van der Waals surface area contributed by atoms with Gasteiger partial charge in [0, 0.05) is 17.6 Å². The predicted molar refractivity (Wildman–Crippen MR) is 79.8 cm³/mol. The summed E-state index contributed by atoms with van der Waals surface area (Å²) in [6, 6.07) is 3.49. The van der Waals surface area contributed by atoms with Gasteiger partial charge in [-0.15, -0.1) is 0 Å². The van der Waals surface area contributed by atoms with E-state index in [0.29, 0.717) is 41.3 Å². The lowest BCUT2D eigenvalue weighted by Crippen LogP contribution is -2.07. The minimum absolute atomic E-state index is 0.233. The zero-order valence-corrected chi connectivity index (χ0v) is 12.3. The van der Waals surface area contributed by atoms with Crippen LogP contribution in [0.2, 0.25) is 0 Å². The second kappa shape index (κ2) is 6.30. The maximum Gasteiger partial charge on any atom is 0.341 e. The van der Waals surface area contributed by atoms with Gasteiger partial charge in [-0.05, 0) is 19.9 Å². The van der Waals surface area contributed by atoms with Crippen molar-refractivity contribution in [2.45, 2.75) is 13.8 Å². The van der Waals surface area contributed by atoms with Crippen molar-refractivity contribution in [3.8, 4) is 11.5 Å². The monoisotopic (exact) mass is 290 g/mol. The first-order valence-corrected chi connectivity index (χ1v) is 6.68. The van der Waals surface area contributed by atoms with Crippen LogP contribution in [0.15, 0.2) is 18.3 Å². The molecule has 1 heterocycles. The number of ether oxygens (including phenoxy) is 3. The third-order valence-corrected chi connectivity index (χ3v) is 2.98. The highest BCUT2D eigenvalue weighted by atomic mass is 16.5. The first-order chi connectivity index (χ1) is 10.1. The molecular formula is C15H18N2O4. The molecule has 2 aromatic rings. The quantitative estimate of drug-likeness (QED) is 0.851. The lowest BCUT2D eigenvalue weighted by Gasteiger charge is -2.13. The standard InChI is InChI=1S/C15H18N2O4/c1-4-20-12-6-9-11(7-13(12)21-5-2)17-8-10(14(9)16)15(18)19-3/h6-8H,4-5H2,1-3H3,(H2,16,17). The number of pyridine rings is 1. The number of methoxy groups -OCH3 is 1. The highest BCUT2D eigenvalue weighted by Crippen LogP contribution is 2.35. The van der Waals surface area contributed by atoms with Crippen LogP contribution in [-0.4, -0.2) is 31.3 Å². The van der Waals surface area contributed by atoms with Gasteiger partial charge in [-0.3, -0.25) is 4.98 Å². The zero-order chi connectivity index (χ0) is 15.4. The first-order valence-electron chi connectivity index (χ1n) is 6.68.